The Labute approximate surface area is 147 Å². The van der Waals surface area contributed by atoms with Gasteiger partial charge in [-0.3, -0.25) is 9.59 Å². The molecule has 0 saturated heterocycles. The number of aliphatic carboxylic acids is 2. The second kappa shape index (κ2) is 6.87. The summed E-state index contributed by atoms with van der Waals surface area (Å²) in [5.74, 6) is -8.81. The lowest BCUT2D eigenvalue weighted by Gasteiger charge is -2.42. The quantitative estimate of drug-likeness (QED) is 0.415. The zero-order valence-corrected chi connectivity index (χ0v) is 13.1. The van der Waals surface area contributed by atoms with E-state index in [2.05, 4.69) is 0 Å². The van der Waals surface area contributed by atoms with E-state index in [1.807, 2.05) is 0 Å². The van der Waals surface area contributed by atoms with E-state index in [0.717, 1.165) is 24.3 Å². The Morgan fingerprint density at radius 3 is 1.12 bits per heavy atom. The number of carbonyl (C=O) groups is 4. The van der Waals surface area contributed by atoms with Crippen molar-refractivity contribution >= 4 is 23.5 Å². The van der Waals surface area contributed by atoms with Crippen molar-refractivity contribution < 1.29 is 39.6 Å². The van der Waals surface area contributed by atoms with Crippen molar-refractivity contribution in [2.45, 2.75) is 11.2 Å². The summed E-state index contributed by atoms with van der Waals surface area (Å²) in [6.45, 7) is 0. The summed E-state index contributed by atoms with van der Waals surface area (Å²) < 4.78 is 0. The molecule has 0 unspecified atom stereocenters. The summed E-state index contributed by atoms with van der Waals surface area (Å²) in [5.41, 5.74) is -9.17. The fraction of sp³-hybridized carbons (Fsp3) is 0.111. The van der Waals surface area contributed by atoms with Gasteiger partial charge in [0.15, 0.2) is 0 Å². The van der Waals surface area contributed by atoms with E-state index in [1.165, 1.54) is 36.4 Å². The number of hydrogen-bond donors (Lipinski definition) is 2. The van der Waals surface area contributed by atoms with Crippen LogP contribution in [0.4, 0.5) is 0 Å². The first-order chi connectivity index (χ1) is 12.2. The molecule has 0 bridgehead atoms. The lowest BCUT2D eigenvalue weighted by atomic mass is 9.73. The molecule has 0 saturated carbocycles. The van der Waals surface area contributed by atoms with Crippen molar-refractivity contribution in [2.75, 3.05) is 0 Å². The Hall–Kier alpha value is -3.36. The summed E-state index contributed by atoms with van der Waals surface area (Å²) >= 11 is 0. The third kappa shape index (κ3) is 2.77. The van der Waals surface area contributed by atoms with Gasteiger partial charge in [-0.05, 0) is 0 Å². The largest absolute Gasteiger partial charge is 0.546 e. The first-order valence-electron chi connectivity index (χ1n) is 7.24. The molecule has 2 aromatic carbocycles. The highest BCUT2D eigenvalue weighted by molar-refractivity contribution is 6.27. The Morgan fingerprint density at radius 2 is 0.885 bits per heavy atom. The molecule has 0 amide bonds. The van der Waals surface area contributed by atoms with Gasteiger partial charge in [-0.2, -0.15) is 0 Å². The minimum atomic E-state index is -4.12. The Balaban J connectivity index is 2.71. The van der Waals surface area contributed by atoms with E-state index >= 15 is 0 Å². The standard InChI is InChI=1S/C18H14O8/c19-13(11-7-3-1-4-8-11)17(25,15(21)22)18(26,16(23)24)14(20)12-9-5-2-6-10-12/h1-10,25-26H,(H,21,22)(H,23,24)/p-2/t17-,18-/m1/s1. The van der Waals surface area contributed by atoms with Crippen molar-refractivity contribution in [3.63, 3.8) is 0 Å². The number of aliphatic hydroxyl groups is 2. The van der Waals surface area contributed by atoms with Crippen LogP contribution in [0.15, 0.2) is 60.7 Å². The number of carboxylic acids is 2. The predicted molar refractivity (Wildman–Crippen MR) is 81.5 cm³/mol. The van der Waals surface area contributed by atoms with Gasteiger partial charge in [0.05, 0.1) is 11.9 Å². The number of Topliss-reactive ketones (excluding diaryl/α,β-unsaturated/α-hetero) is 2. The highest BCUT2D eigenvalue weighted by Gasteiger charge is 2.62. The average molecular weight is 356 g/mol. The lowest BCUT2D eigenvalue weighted by molar-refractivity contribution is -0.346. The Kier molecular flexibility index (Phi) is 5.01. The molecule has 0 aliphatic heterocycles. The molecule has 2 rings (SSSR count). The second-order valence-electron chi connectivity index (χ2n) is 5.39. The lowest BCUT2D eigenvalue weighted by Crippen LogP contribution is -2.76. The molecule has 2 N–H and O–H groups in total. The minimum absolute atomic E-state index is 0.459. The summed E-state index contributed by atoms with van der Waals surface area (Å²) in [4.78, 5) is 48.1. The van der Waals surface area contributed by atoms with Crippen LogP contribution < -0.4 is 10.2 Å². The van der Waals surface area contributed by atoms with Gasteiger partial charge in [0.2, 0.25) is 22.8 Å². The van der Waals surface area contributed by atoms with E-state index in [1.54, 1.807) is 0 Å². The van der Waals surface area contributed by atoms with Gasteiger partial charge in [0.25, 0.3) is 0 Å². The van der Waals surface area contributed by atoms with Crippen molar-refractivity contribution in [1.29, 1.82) is 0 Å². The number of carbonyl (C=O) groups excluding carboxylic acids is 4. The molecule has 8 nitrogen and oxygen atoms in total. The summed E-state index contributed by atoms with van der Waals surface area (Å²) in [6.07, 6.45) is 0. The normalized spacial score (nSPS) is 15.3. The molecule has 0 aliphatic carbocycles. The third-order valence-electron chi connectivity index (χ3n) is 3.84. The molecule has 2 aromatic rings. The zero-order chi connectivity index (χ0) is 19.5. The van der Waals surface area contributed by atoms with Crippen LogP contribution in [-0.4, -0.2) is 44.9 Å². The van der Waals surface area contributed by atoms with Gasteiger partial charge in [-0.15, -0.1) is 0 Å². The molecule has 0 aliphatic rings. The molecule has 8 heteroatoms. The fourth-order valence-corrected chi connectivity index (χ4v) is 2.41. The molecule has 0 spiro atoms. The zero-order valence-electron chi connectivity index (χ0n) is 13.1. The van der Waals surface area contributed by atoms with Crippen molar-refractivity contribution in [2.24, 2.45) is 0 Å². The van der Waals surface area contributed by atoms with E-state index in [9.17, 15) is 39.6 Å². The maximum Gasteiger partial charge on any atom is 0.209 e. The number of ketones is 2. The molecule has 0 heterocycles. The molecule has 26 heavy (non-hydrogen) atoms. The predicted octanol–water partition coefficient (Wildman–Crippen LogP) is -2.29. The number of rotatable bonds is 7. The van der Waals surface area contributed by atoms with Crippen LogP contribution in [0.3, 0.4) is 0 Å². The fourth-order valence-electron chi connectivity index (χ4n) is 2.41. The van der Waals surface area contributed by atoms with Crippen LogP contribution >= 0.6 is 0 Å². The number of hydrogen-bond acceptors (Lipinski definition) is 8. The molecular formula is C18H12O8-2. The number of carboxylic acid groups (broad SMARTS) is 2. The molecular weight excluding hydrogens is 344 g/mol. The van der Waals surface area contributed by atoms with Crippen LogP contribution in [0.2, 0.25) is 0 Å². The Bertz CT molecular complexity index is 788. The van der Waals surface area contributed by atoms with Crippen molar-refractivity contribution in [3.8, 4) is 0 Å². The first kappa shape index (κ1) is 19.0. The van der Waals surface area contributed by atoms with E-state index in [-0.39, 0.29) is 0 Å². The summed E-state index contributed by atoms with van der Waals surface area (Å²) in [5, 5.41) is 43.9. The molecule has 2 atom stereocenters. The topological polar surface area (TPSA) is 155 Å². The van der Waals surface area contributed by atoms with Gasteiger partial charge >= 0.3 is 0 Å². The Morgan fingerprint density at radius 1 is 0.615 bits per heavy atom. The van der Waals surface area contributed by atoms with Gasteiger partial charge in [0, 0.05) is 11.1 Å². The van der Waals surface area contributed by atoms with Gasteiger partial charge in [0.1, 0.15) is 0 Å². The maximum absolute atomic E-state index is 12.5. The average Bonchev–Trinajstić information content (AvgIpc) is 2.66. The maximum atomic E-state index is 12.5. The van der Waals surface area contributed by atoms with Crippen LogP contribution in [0, 0.1) is 0 Å². The molecule has 134 valence electrons. The van der Waals surface area contributed by atoms with Gasteiger partial charge in [-0.1, -0.05) is 60.7 Å². The van der Waals surface area contributed by atoms with E-state index in [4.69, 9.17) is 0 Å². The summed E-state index contributed by atoms with van der Waals surface area (Å²) in [6, 6.07) is 12.4. The van der Waals surface area contributed by atoms with Crippen LogP contribution in [0.25, 0.3) is 0 Å². The number of benzene rings is 2. The summed E-state index contributed by atoms with van der Waals surface area (Å²) in [7, 11) is 0. The molecule has 0 aromatic heterocycles. The van der Waals surface area contributed by atoms with E-state index < -0.39 is 45.8 Å². The smallest absolute Gasteiger partial charge is 0.209 e. The highest BCUT2D eigenvalue weighted by Crippen LogP contribution is 2.30. The third-order valence-corrected chi connectivity index (χ3v) is 3.84. The van der Waals surface area contributed by atoms with Crippen LogP contribution in [0.1, 0.15) is 20.7 Å². The second-order valence-corrected chi connectivity index (χ2v) is 5.39. The van der Waals surface area contributed by atoms with Crippen molar-refractivity contribution in [3.05, 3.63) is 71.8 Å². The van der Waals surface area contributed by atoms with Gasteiger partial charge in [-0.25, -0.2) is 0 Å². The SMILES string of the molecule is O=C([O-])[C@](O)(C(=O)c1ccccc1)[C@](O)(C(=O)[O-])C(=O)c1ccccc1. The van der Waals surface area contributed by atoms with Gasteiger partial charge < -0.3 is 30.0 Å². The first-order valence-corrected chi connectivity index (χ1v) is 7.24. The molecule has 0 fully saturated rings. The van der Waals surface area contributed by atoms with Crippen LogP contribution in [-0.2, 0) is 9.59 Å². The molecule has 0 radical (unpaired) electrons. The highest BCUT2D eigenvalue weighted by atomic mass is 16.5. The monoisotopic (exact) mass is 356 g/mol. The van der Waals surface area contributed by atoms with E-state index in [0.29, 0.717) is 0 Å². The van der Waals surface area contributed by atoms with Crippen molar-refractivity contribution in [1.82, 2.24) is 0 Å². The minimum Gasteiger partial charge on any atom is -0.546 e. The van der Waals surface area contributed by atoms with Crippen LogP contribution in [0.5, 0.6) is 0 Å².